The molecular formula is C23H14N2O. The Morgan fingerprint density at radius 2 is 1.65 bits per heavy atom. The van der Waals surface area contributed by atoms with Gasteiger partial charge in [0.2, 0.25) is 0 Å². The molecule has 0 unspecified atom stereocenters. The lowest BCUT2D eigenvalue weighted by Crippen LogP contribution is -1.95. The Hall–Kier alpha value is -3.59. The van der Waals surface area contributed by atoms with E-state index in [-0.39, 0.29) is 0 Å². The minimum atomic E-state index is 0.941. The Balaban J connectivity index is 1.89. The lowest BCUT2D eigenvalue weighted by atomic mass is 10.1. The van der Waals surface area contributed by atoms with Gasteiger partial charge in [0.15, 0.2) is 0 Å². The van der Waals surface area contributed by atoms with Crippen LogP contribution in [0.25, 0.3) is 49.4 Å². The van der Waals surface area contributed by atoms with Gasteiger partial charge in [-0.05, 0) is 48.5 Å². The number of fused-ring (bicyclic) bond motifs is 6. The second-order valence-electron chi connectivity index (χ2n) is 6.50. The molecular weight excluding hydrogens is 320 g/mol. The molecule has 0 saturated carbocycles. The molecule has 26 heavy (non-hydrogen) atoms. The molecule has 0 fully saturated rings. The maximum absolute atomic E-state index is 5.85. The number of benzene rings is 3. The van der Waals surface area contributed by atoms with Crippen LogP contribution >= 0.6 is 0 Å². The summed E-state index contributed by atoms with van der Waals surface area (Å²) >= 11 is 0. The summed E-state index contributed by atoms with van der Waals surface area (Å²) in [7, 11) is 0. The second kappa shape index (κ2) is 4.96. The van der Waals surface area contributed by atoms with Crippen molar-refractivity contribution < 1.29 is 4.42 Å². The first-order valence-electron chi connectivity index (χ1n) is 8.65. The Morgan fingerprint density at radius 1 is 0.731 bits per heavy atom. The van der Waals surface area contributed by atoms with Gasteiger partial charge in [-0.2, -0.15) is 0 Å². The van der Waals surface area contributed by atoms with Crippen LogP contribution in [0.5, 0.6) is 0 Å². The van der Waals surface area contributed by atoms with Gasteiger partial charge in [-0.25, -0.2) is 0 Å². The number of hydrogen-bond donors (Lipinski definition) is 0. The van der Waals surface area contributed by atoms with Crippen molar-refractivity contribution in [1.82, 2.24) is 9.55 Å². The van der Waals surface area contributed by atoms with Gasteiger partial charge >= 0.3 is 0 Å². The van der Waals surface area contributed by atoms with Gasteiger partial charge in [0.05, 0.1) is 33.9 Å². The minimum absolute atomic E-state index is 0.941. The first-order valence-corrected chi connectivity index (χ1v) is 8.65. The van der Waals surface area contributed by atoms with Crippen molar-refractivity contribution in [3.8, 4) is 5.69 Å². The van der Waals surface area contributed by atoms with Gasteiger partial charge < -0.3 is 8.98 Å². The largest absolute Gasteiger partial charge is 0.464 e. The van der Waals surface area contributed by atoms with Gasteiger partial charge in [0, 0.05) is 22.4 Å². The average Bonchev–Trinajstić information content (AvgIpc) is 3.29. The quantitative estimate of drug-likeness (QED) is 0.365. The number of aromatic nitrogens is 2. The molecule has 0 radical (unpaired) electrons. The van der Waals surface area contributed by atoms with E-state index in [0.717, 1.165) is 38.5 Å². The molecule has 0 spiro atoms. The fraction of sp³-hybridized carbons (Fsp3) is 0. The van der Waals surface area contributed by atoms with Crippen molar-refractivity contribution in [2.24, 2.45) is 0 Å². The third kappa shape index (κ3) is 1.69. The molecule has 0 N–H and O–H groups in total. The normalized spacial score (nSPS) is 11.8. The van der Waals surface area contributed by atoms with E-state index in [1.54, 1.807) is 6.26 Å². The summed E-state index contributed by atoms with van der Waals surface area (Å²) in [6.07, 6.45) is 3.60. The van der Waals surface area contributed by atoms with E-state index in [9.17, 15) is 0 Å². The van der Waals surface area contributed by atoms with E-state index in [2.05, 4.69) is 70.2 Å². The lowest BCUT2D eigenvalue weighted by molar-refractivity contribution is 0.619. The summed E-state index contributed by atoms with van der Waals surface area (Å²) in [4.78, 5) is 4.52. The van der Waals surface area contributed by atoms with E-state index in [1.165, 1.54) is 10.9 Å². The van der Waals surface area contributed by atoms with Gasteiger partial charge in [-0.3, -0.25) is 4.98 Å². The number of para-hydroxylation sites is 1. The molecule has 122 valence electrons. The van der Waals surface area contributed by atoms with Crippen molar-refractivity contribution in [1.29, 1.82) is 0 Å². The van der Waals surface area contributed by atoms with Crippen LogP contribution in [-0.4, -0.2) is 9.55 Å². The van der Waals surface area contributed by atoms with Gasteiger partial charge in [0.1, 0.15) is 5.58 Å². The second-order valence-corrected chi connectivity index (χ2v) is 6.50. The predicted molar refractivity (Wildman–Crippen MR) is 106 cm³/mol. The minimum Gasteiger partial charge on any atom is -0.464 e. The van der Waals surface area contributed by atoms with Crippen LogP contribution < -0.4 is 0 Å². The maximum atomic E-state index is 5.85. The highest BCUT2D eigenvalue weighted by Crippen LogP contribution is 2.38. The van der Waals surface area contributed by atoms with Gasteiger partial charge in [0.25, 0.3) is 0 Å². The van der Waals surface area contributed by atoms with Crippen LogP contribution in [0.15, 0.2) is 89.7 Å². The molecule has 0 bridgehead atoms. The Bertz CT molecular complexity index is 1430. The fourth-order valence-corrected chi connectivity index (χ4v) is 4.02. The van der Waals surface area contributed by atoms with E-state index >= 15 is 0 Å². The summed E-state index contributed by atoms with van der Waals surface area (Å²) in [6, 6.07) is 25.2. The third-order valence-corrected chi connectivity index (χ3v) is 5.12. The monoisotopic (exact) mass is 334 g/mol. The fourth-order valence-electron chi connectivity index (χ4n) is 4.02. The van der Waals surface area contributed by atoms with Gasteiger partial charge in [-0.15, -0.1) is 0 Å². The van der Waals surface area contributed by atoms with Crippen molar-refractivity contribution in [2.45, 2.75) is 0 Å². The van der Waals surface area contributed by atoms with Crippen molar-refractivity contribution in [2.75, 3.05) is 0 Å². The molecule has 0 aliphatic heterocycles. The summed E-state index contributed by atoms with van der Waals surface area (Å²) in [5.74, 6) is 0. The zero-order chi connectivity index (χ0) is 17.1. The van der Waals surface area contributed by atoms with Gasteiger partial charge in [-0.1, -0.05) is 24.3 Å². The van der Waals surface area contributed by atoms with Crippen LogP contribution in [-0.2, 0) is 0 Å². The lowest BCUT2D eigenvalue weighted by Gasteiger charge is -2.10. The maximum Gasteiger partial charge on any atom is 0.143 e. The Labute approximate surface area is 149 Å². The molecule has 3 aromatic carbocycles. The first kappa shape index (κ1) is 13.7. The van der Waals surface area contributed by atoms with E-state index in [0.29, 0.717) is 0 Å². The topological polar surface area (TPSA) is 31.0 Å². The van der Waals surface area contributed by atoms with Crippen molar-refractivity contribution in [3.05, 3.63) is 85.3 Å². The predicted octanol–water partition coefficient (Wildman–Crippen LogP) is 6.08. The van der Waals surface area contributed by atoms with Crippen LogP contribution in [0.1, 0.15) is 0 Å². The molecule has 6 aromatic rings. The summed E-state index contributed by atoms with van der Waals surface area (Å²) in [5, 5.41) is 4.62. The standard InChI is InChI=1S/C23H14N2O/c1-2-8-20-17(5-1)22-21(11-10-15-12-14-26-23(15)22)25(20)19-9-3-7-18-16(19)6-4-13-24-18/h1-14H. The summed E-state index contributed by atoms with van der Waals surface area (Å²) in [6.45, 7) is 0. The summed E-state index contributed by atoms with van der Waals surface area (Å²) in [5.41, 5.74) is 5.38. The van der Waals surface area contributed by atoms with E-state index in [1.807, 2.05) is 18.3 Å². The van der Waals surface area contributed by atoms with Crippen molar-refractivity contribution in [3.63, 3.8) is 0 Å². The highest BCUT2D eigenvalue weighted by molar-refractivity contribution is 6.20. The number of rotatable bonds is 1. The smallest absolute Gasteiger partial charge is 0.143 e. The molecule has 0 atom stereocenters. The van der Waals surface area contributed by atoms with Crippen LogP contribution in [0.4, 0.5) is 0 Å². The van der Waals surface area contributed by atoms with Crippen LogP contribution in [0.2, 0.25) is 0 Å². The zero-order valence-corrected chi connectivity index (χ0v) is 13.9. The molecule has 0 saturated heterocycles. The first-order chi connectivity index (χ1) is 12.9. The Morgan fingerprint density at radius 3 is 2.65 bits per heavy atom. The number of pyridine rings is 1. The molecule has 3 nitrogen and oxygen atoms in total. The summed E-state index contributed by atoms with van der Waals surface area (Å²) < 4.78 is 8.17. The molecule has 3 aromatic heterocycles. The molecule has 0 aliphatic rings. The SMILES string of the molecule is c1cc(-n2c3ccccc3c3c4occc4ccc32)c2cccnc2c1. The van der Waals surface area contributed by atoms with Crippen LogP contribution in [0.3, 0.4) is 0 Å². The van der Waals surface area contributed by atoms with E-state index < -0.39 is 0 Å². The van der Waals surface area contributed by atoms with E-state index in [4.69, 9.17) is 4.42 Å². The van der Waals surface area contributed by atoms with Crippen molar-refractivity contribution >= 4 is 43.7 Å². The molecule has 3 heteroatoms. The Kier molecular flexibility index (Phi) is 2.61. The molecule has 0 aliphatic carbocycles. The number of hydrogen-bond acceptors (Lipinski definition) is 2. The number of furan rings is 1. The highest BCUT2D eigenvalue weighted by Gasteiger charge is 2.17. The third-order valence-electron chi connectivity index (χ3n) is 5.12. The highest BCUT2D eigenvalue weighted by atomic mass is 16.3. The molecule has 6 rings (SSSR count). The number of nitrogens with zero attached hydrogens (tertiary/aromatic N) is 2. The molecule has 0 amide bonds. The zero-order valence-electron chi connectivity index (χ0n) is 13.9. The average molecular weight is 334 g/mol. The molecule has 3 heterocycles. The van der Waals surface area contributed by atoms with Crippen LogP contribution in [0, 0.1) is 0 Å².